The number of ether oxygens (including phenoxy) is 2. The molecule has 1 aliphatic heterocycles. The minimum absolute atomic E-state index is 0.241. The van der Waals surface area contributed by atoms with Crippen molar-refractivity contribution in [1.29, 1.82) is 0 Å². The maximum atomic E-state index is 9.92. The largest absolute Gasteiger partial charge is 0.468 e. The fourth-order valence-corrected chi connectivity index (χ4v) is 0.587. The normalized spacial score (nSPS) is 13.1. The lowest BCUT2D eigenvalue weighted by Gasteiger charge is -1.86. The Balaban J connectivity index is 0.000000226. The Hall–Kier alpha value is -1.17. The molecule has 0 aromatic heterocycles. The van der Waals surface area contributed by atoms with Gasteiger partial charge in [-0.1, -0.05) is 15.9 Å². The Morgan fingerprint density at radius 3 is 2.00 bits per heavy atom. The molecule has 0 unspecified atom stereocenters. The summed E-state index contributed by atoms with van der Waals surface area (Å²) in [6.45, 7) is 0. The molecular weight excluding hydrogens is 244 g/mol. The monoisotopic (exact) mass is 250 g/mol. The lowest BCUT2D eigenvalue weighted by molar-refractivity contribution is -0.150. The molecule has 0 aromatic carbocycles. The molecule has 1 rings (SSSR count). The molecule has 0 radical (unpaired) electrons. The third-order valence-electron chi connectivity index (χ3n) is 0.893. The Morgan fingerprint density at radius 1 is 1.46 bits per heavy atom. The summed E-state index contributed by atoms with van der Waals surface area (Å²) in [5, 5.41) is 0.281. The SMILES string of the molecule is COC(=O)CBr.O=C1C=CC(=O)O1. The van der Waals surface area contributed by atoms with Crippen molar-refractivity contribution in [2.45, 2.75) is 0 Å². The van der Waals surface area contributed by atoms with Crippen LogP contribution in [-0.2, 0) is 23.9 Å². The number of esters is 3. The van der Waals surface area contributed by atoms with Gasteiger partial charge in [-0.05, 0) is 0 Å². The number of rotatable bonds is 1. The van der Waals surface area contributed by atoms with Crippen molar-refractivity contribution in [3.8, 4) is 0 Å². The number of halogens is 1. The van der Waals surface area contributed by atoms with Gasteiger partial charge >= 0.3 is 17.9 Å². The lowest BCUT2D eigenvalue weighted by Crippen LogP contribution is -1.99. The molecule has 0 saturated carbocycles. The van der Waals surface area contributed by atoms with Crippen LogP contribution in [0.1, 0.15) is 0 Å². The highest BCUT2D eigenvalue weighted by atomic mass is 79.9. The number of alkyl halides is 1. The van der Waals surface area contributed by atoms with E-state index in [1.54, 1.807) is 0 Å². The minimum Gasteiger partial charge on any atom is -0.468 e. The zero-order valence-corrected chi connectivity index (χ0v) is 8.37. The first-order chi connectivity index (χ1) is 6.10. The summed E-state index contributed by atoms with van der Waals surface area (Å²) in [5.74, 6) is -1.40. The van der Waals surface area contributed by atoms with E-state index >= 15 is 0 Å². The number of methoxy groups -OCH3 is 1. The molecule has 0 bridgehead atoms. The molecule has 5 nitrogen and oxygen atoms in total. The average molecular weight is 251 g/mol. The van der Waals surface area contributed by atoms with Gasteiger partial charge in [0.15, 0.2) is 0 Å². The lowest BCUT2D eigenvalue weighted by atomic mass is 10.6. The van der Waals surface area contributed by atoms with Crippen LogP contribution < -0.4 is 0 Å². The van der Waals surface area contributed by atoms with Gasteiger partial charge in [0.25, 0.3) is 0 Å². The van der Waals surface area contributed by atoms with Crippen LogP contribution >= 0.6 is 15.9 Å². The number of carbonyl (C=O) groups excluding carboxylic acids is 3. The fraction of sp³-hybridized carbons (Fsp3) is 0.286. The second-order valence-corrected chi connectivity index (χ2v) is 2.34. The number of carbonyl (C=O) groups is 3. The van der Waals surface area contributed by atoms with Crippen molar-refractivity contribution in [1.82, 2.24) is 0 Å². The smallest absolute Gasteiger partial charge is 0.338 e. The molecule has 0 amide bonds. The molecule has 0 spiro atoms. The van der Waals surface area contributed by atoms with Gasteiger partial charge in [0, 0.05) is 12.2 Å². The van der Waals surface area contributed by atoms with Gasteiger partial charge in [0.2, 0.25) is 0 Å². The molecule has 6 heteroatoms. The Kier molecular flexibility index (Phi) is 5.79. The fourth-order valence-electron chi connectivity index (χ4n) is 0.358. The van der Waals surface area contributed by atoms with E-state index in [-0.39, 0.29) is 11.3 Å². The Morgan fingerprint density at radius 2 is 1.92 bits per heavy atom. The van der Waals surface area contributed by atoms with E-state index in [1.807, 2.05) is 0 Å². The van der Waals surface area contributed by atoms with Crippen LogP contribution in [0.5, 0.6) is 0 Å². The van der Waals surface area contributed by atoms with Crippen LogP contribution in [-0.4, -0.2) is 30.3 Å². The summed E-state index contributed by atoms with van der Waals surface area (Å²) in [4.78, 5) is 29.8. The molecule has 0 atom stereocenters. The minimum atomic E-state index is -0.579. The van der Waals surface area contributed by atoms with Gasteiger partial charge in [-0.15, -0.1) is 0 Å². The molecule has 72 valence electrons. The van der Waals surface area contributed by atoms with Crippen molar-refractivity contribution in [3.63, 3.8) is 0 Å². The summed E-state index contributed by atoms with van der Waals surface area (Å²) in [5.41, 5.74) is 0. The van der Waals surface area contributed by atoms with E-state index in [2.05, 4.69) is 25.4 Å². The van der Waals surface area contributed by atoms with Crippen molar-refractivity contribution >= 4 is 33.8 Å². The second kappa shape index (κ2) is 6.36. The van der Waals surface area contributed by atoms with Crippen LogP contribution in [0.2, 0.25) is 0 Å². The van der Waals surface area contributed by atoms with Crippen LogP contribution in [0, 0.1) is 0 Å². The van der Waals surface area contributed by atoms with Gasteiger partial charge in [-0.25, -0.2) is 9.59 Å². The summed E-state index contributed by atoms with van der Waals surface area (Å²) < 4.78 is 8.19. The third-order valence-corrected chi connectivity index (χ3v) is 1.35. The summed E-state index contributed by atoms with van der Waals surface area (Å²) in [7, 11) is 1.35. The van der Waals surface area contributed by atoms with Gasteiger partial charge in [0.05, 0.1) is 7.11 Å². The zero-order chi connectivity index (χ0) is 10.3. The van der Waals surface area contributed by atoms with E-state index in [1.165, 1.54) is 7.11 Å². The maximum Gasteiger partial charge on any atom is 0.338 e. The second-order valence-electron chi connectivity index (χ2n) is 1.78. The first kappa shape index (κ1) is 11.8. The standard InChI is InChI=1S/C4H2O3.C3H5BrO2/c5-3-1-2-4(6)7-3;1-6-3(5)2-4/h1-2H;2H2,1H3. The first-order valence-electron chi connectivity index (χ1n) is 3.16. The van der Waals surface area contributed by atoms with Gasteiger partial charge < -0.3 is 9.47 Å². The number of cyclic esters (lactones) is 2. The van der Waals surface area contributed by atoms with E-state index in [0.717, 1.165) is 12.2 Å². The highest BCUT2D eigenvalue weighted by Crippen LogP contribution is 1.92. The van der Waals surface area contributed by atoms with Crippen molar-refractivity contribution in [2.24, 2.45) is 0 Å². The average Bonchev–Trinajstić information content (AvgIpc) is 2.49. The molecule has 13 heavy (non-hydrogen) atoms. The van der Waals surface area contributed by atoms with Crippen molar-refractivity contribution in [3.05, 3.63) is 12.2 Å². The predicted octanol–water partition coefficient (Wildman–Crippen LogP) is 0.180. The molecular formula is C7H7BrO5. The van der Waals surface area contributed by atoms with E-state index in [0.29, 0.717) is 0 Å². The molecule has 0 aliphatic carbocycles. The third kappa shape index (κ3) is 6.03. The van der Waals surface area contributed by atoms with E-state index in [9.17, 15) is 14.4 Å². The quantitative estimate of drug-likeness (QED) is 0.377. The molecule has 0 N–H and O–H groups in total. The Labute approximate surface area is 82.8 Å². The van der Waals surface area contributed by atoms with Crippen LogP contribution in [0.15, 0.2) is 12.2 Å². The molecule has 0 aromatic rings. The van der Waals surface area contributed by atoms with Gasteiger partial charge in [-0.2, -0.15) is 0 Å². The number of hydrogen-bond acceptors (Lipinski definition) is 5. The predicted molar refractivity (Wildman–Crippen MR) is 46.0 cm³/mol. The van der Waals surface area contributed by atoms with E-state index < -0.39 is 11.9 Å². The summed E-state index contributed by atoms with van der Waals surface area (Å²) in [6, 6.07) is 0. The number of hydrogen-bond donors (Lipinski definition) is 0. The summed E-state index contributed by atoms with van der Waals surface area (Å²) in [6.07, 6.45) is 2.17. The summed E-state index contributed by atoms with van der Waals surface area (Å²) >= 11 is 2.90. The topological polar surface area (TPSA) is 69.7 Å². The van der Waals surface area contributed by atoms with Gasteiger partial charge in [-0.3, -0.25) is 4.79 Å². The molecule has 0 fully saturated rings. The zero-order valence-electron chi connectivity index (χ0n) is 6.78. The van der Waals surface area contributed by atoms with Crippen molar-refractivity contribution in [2.75, 3.05) is 12.4 Å². The van der Waals surface area contributed by atoms with Crippen LogP contribution in [0.25, 0.3) is 0 Å². The Bertz CT molecular complexity index is 223. The highest BCUT2D eigenvalue weighted by Gasteiger charge is 2.10. The first-order valence-corrected chi connectivity index (χ1v) is 4.29. The van der Waals surface area contributed by atoms with Crippen molar-refractivity contribution < 1.29 is 23.9 Å². The maximum absolute atomic E-state index is 9.92. The van der Waals surface area contributed by atoms with Gasteiger partial charge in [0.1, 0.15) is 5.33 Å². The van der Waals surface area contributed by atoms with E-state index in [4.69, 9.17) is 0 Å². The van der Waals surface area contributed by atoms with Crippen LogP contribution in [0.3, 0.4) is 0 Å². The van der Waals surface area contributed by atoms with Crippen LogP contribution in [0.4, 0.5) is 0 Å². The molecule has 1 aliphatic rings. The molecule has 1 heterocycles. The molecule has 0 saturated heterocycles. The highest BCUT2D eigenvalue weighted by molar-refractivity contribution is 9.09.